The van der Waals surface area contributed by atoms with Crippen LogP contribution in [0.2, 0.25) is 0 Å². The highest BCUT2D eigenvalue weighted by Crippen LogP contribution is 2.23. The van der Waals surface area contributed by atoms with E-state index in [-0.39, 0.29) is 0 Å². The summed E-state index contributed by atoms with van der Waals surface area (Å²) in [6.45, 7) is 2.18. The molecule has 1 heterocycles. The lowest BCUT2D eigenvalue weighted by atomic mass is 9.93. The molecule has 3 nitrogen and oxygen atoms in total. The third-order valence-corrected chi connectivity index (χ3v) is 3.29. The van der Waals surface area contributed by atoms with Gasteiger partial charge in [0.15, 0.2) is 0 Å². The first kappa shape index (κ1) is 9.16. The number of nitrogens with zero attached hydrogens (tertiary/aromatic N) is 1. The summed E-state index contributed by atoms with van der Waals surface area (Å²) >= 11 is 0. The van der Waals surface area contributed by atoms with Gasteiger partial charge in [-0.1, -0.05) is 0 Å². The molecule has 2 fully saturated rings. The zero-order valence-corrected chi connectivity index (χ0v) is 8.04. The van der Waals surface area contributed by atoms with E-state index in [4.69, 9.17) is 5.73 Å². The lowest BCUT2D eigenvalue weighted by Crippen LogP contribution is -2.38. The molecule has 2 rings (SSSR count). The second-order valence-electron chi connectivity index (χ2n) is 4.31. The third-order valence-electron chi connectivity index (χ3n) is 3.29. The first-order valence-electron chi connectivity index (χ1n) is 5.27. The molecule has 1 saturated carbocycles. The maximum Gasteiger partial charge on any atom is 0.133 e. The van der Waals surface area contributed by atoms with Gasteiger partial charge in [0.05, 0.1) is 0 Å². The van der Waals surface area contributed by atoms with Crippen molar-refractivity contribution in [3.05, 3.63) is 0 Å². The highest BCUT2D eigenvalue weighted by molar-refractivity contribution is 5.79. The topological polar surface area (TPSA) is 46.3 Å². The Labute approximate surface area is 79.3 Å². The van der Waals surface area contributed by atoms with Gasteiger partial charge in [-0.3, -0.25) is 9.69 Å². The van der Waals surface area contributed by atoms with E-state index in [1.165, 1.54) is 0 Å². The van der Waals surface area contributed by atoms with Crippen molar-refractivity contribution in [1.29, 1.82) is 0 Å². The molecule has 74 valence electrons. The molecule has 0 aromatic rings. The lowest BCUT2D eigenvalue weighted by Gasteiger charge is -2.30. The molecule has 0 aromatic heterocycles. The maximum atomic E-state index is 11.0. The Balaban J connectivity index is 1.84. The summed E-state index contributed by atoms with van der Waals surface area (Å²) in [6, 6.07) is 1.02. The average molecular weight is 182 g/mol. The van der Waals surface area contributed by atoms with Crippen molar-refractivity contribution < 1.29 is 4.79 Å². The molecule has 0 bridgehead atoms. The highest BCUT2D eigenvalue weighted by atomic mass is 16.1. The van der Waals surface area contributed by atoms with Crippen molar-refractivity contribution in [1.82, 2.24) is 4.90 Å². The van der Waals surface area contributed by atoms with Crippen LogP contribution >= 0.6 is 0 Å². The van der Waals surface area contributed by atoms with Crippen molar-refractivity contribution in [2.24, 2.45) is 5.73 Å². The van der Waals surface area contributed by atoms with Crippen molar-refractivity contribution >= 4 is 5.78 Å². The van der Waals surface area contributed by atoms with Crippen LogP contribution in [0, 0.1) is 0 Å². The molecule has 1 aliphatic carbocycles. The minimum Gasteiger partial charge on any atom is -0.326 e. The van der Waals surface area contributed by atoms with Gasteiger partial charge in [-0.05, 0) is 19.3 Å². The Morgan fingerprint density at radius 2 is 1.92 bits per heavy atom. The standard InChI is InChI=1S/C10H18N2O/c11-8-5-6-12(7-8)9-1-3-10(13)4-2-9/h8-9H,1-7,11H2. The number of ketones is 1. The minimum absolute atomic E-state index is 0.373. The van der Waals surface area contributed by atoms with Gasteiger partial charge < -0.3 is 5.73 Å². The molecule has 1 atom stereocenters. The monoisotopic (exact) mass is 182 g/mol. The van der Waals surface area contributed by atoms with E-state index in [1.54, 1.807) is 0 Å². The van der Waals surface area contributed by atoms with Gasteiger partial charge in [0, 0.05) is 38.0 Å². The van der Waals surface area contributed by atoms with Crippen LogP contribution in [-0.4, -0.2) is 35.9 Å². The molecular formula is C10H18N2O. The van der Waals surface area contributed by atoms with Crippen LogP contribution in [0.15, 0.2) is 0 Å². The van der Waals surface area contributed by atoms with E-state index in [0.29, 0.717) is 17.9 Å². The van der Waals surface area contributed by atoms with E-state index < -0.39 is 0 Å². The fraction of sp³-hybridized carbons (Fsp3) is 0.900. The Bertz CT molecular complexity index is 195. The number of hydrogen-bond acceptors (Lipinski definition) is 3. The van der Waals surface area contributed by atoms with Crippen molar-refractivity contribution in [3.8, 4) is 0 Å². The number of hydrogen-bond donors (Lipinski definition) is 1. The van der Waals surface area contributed by atoms with Gasteiger partial charge in [0.1, 0.15) is 5.78 Å². The summed E-state index contributed by atoms with van der Waals surface area (Å²) in [7, 11) is 0. The predicted octanol–water partition coefficient (Wildman–Crippen LogP) is 0.531. The number of nitrogens with two attached hydrogens (primary N) is 1. The van der Waals surface area contributed by atoms with Crippen LogP contribution in [0.4, 0.5) is 0 Å². The van der Waals surface area contributed by atoms with Gasteiger partial charge in [-0.25, -0.2) is 0 Å². The summed E-state index contributed by atoms with van der Waals surface area (Å²) in [5.74, 6) is 0.444. The average Bonchev–Trinajstić information content (AvgIpc) is 2.53. The predicted molar refractivity (Wildman–Crippen MR) is 51.4 cm³/mol. The molecule has 1 aliphatic heterocycles. The quantitative estimate of drug-likeness (QED) is 0.643. The van der Waals surface area contributed by atoms with Crippen molar-refractivity contribution in [3.63, 3.8) is 0 Å². The normalized spacial score (nSPS) is 32.7. The summed E-state index contributed by atoms with van der Waals surface area (Å²) in [6.07, 6.45) is 4.83. The van der Waals surface area contributed by atoms with Gasteiger partial charge in [-0.15, -0.1) is 0 Å². The zero-order valence-electron chi connectivity index (χ0n) is 8.04. The highest BCUT2D eigenvalue weighted by Gasteiger charge is 2.28. The second-order valence-corrected chi connectivity index (χ2v) is 4.31. The van der Waals surface area contributed by atoms with Crippen LogP contribution in [0.1, 0.15) is 32.1 Å². The Morgan fingerprint density at radius 3 is 2.46 bits per heavy atom. The number of rotatable bonds is 1. The Kier molecular flexibility index (Phi) is 2.65. The molecule has 0 amide bonds. The van der Waals surface area contributed by atoms with Crippen LogP contribution < -0.4 is 5.73 Å². The number of carbonyl (C=O) groups is 1. The molecule has 1 saturated heterocycles. The Hall–Kier alpha value is -0.410. The summed E-state index contributed by atoms with van der Waals surface area (Å²) < 4.78 is 0. The van der Waals surface area contributed by atoms with Crippen molar-refractivity contribution in [2.45, 2.75) is 44.2 Å². The van der Waals surface area contributed by atoms with E-state index in [1.807, 2.05) is 0 Å². The third kappa shape index (κ3) is 2.09. The van der Waals surface area contributed by atoms with Gasteiger partial charge in [0.25, 0.3) is 0 Å². The molecule has 13 heavy (non-hydrogen) atoms. The first-order chi connectivity index (χ1) is 6.25. The molecule has 3 heteroatoms. The molecule has 1 unspecified atom stereocenters. The summed E-state index contributed by atoms with van der Waals surface area (Å²) in [5.41, 5.74) is 5.85. The SMILES string of the molecule is NC1CCN(C2CCC(=O)CC2)C1. The van der Waals surface area contributed by atoms with Crippen molar-refractivity contribution in [2.75, 3.05) is 13.1 Å². The Morgan fingerprint density at radius 1 is 1.23 bits per heavy atom. The van der Waals surface area contributed by atoms with E-state index >= 15 is 0 Å². The molecule has 2 N–H and O–H groups in total. The largest absolute Gasteiger partial charge is 0.326 e. The minimum atomic E-state index is 0.373. The smallest absolute Gasteiger partial charge is 0.133 e. The van der Waals surface area contributed by atoms with Gasteiger partial charge in [-0.2, -0.15) is 0 Å². The van der Waals surface area contributed by atoms with Crippen LogP contribution in [0.25, 0.3) is 0 Å². The molecule has 2 aliphatic rings. The molecule has 0 spiro atoms. The number of carbonyl (C=O) groups excluding carboxylic acids is 1. The molecule has 0 aromatic carbocycles. The summed E-state index contributed by atoms with van der Waals surface area (Å²) in [4.78, 5) is 13.5. The molecular weight excluding hydrogens is 164 g/mol. The first-order valence-corrected chi connectivity index (χ1v) is 5.27. The van der Waals surface area contributed by atoms with Crippen LogP contribution in [-0.2, 0) is 4.79 Å². The zero-order chi connectivity index (χ0) is 9.26. The van der Waals surface area contributed by atoms with Gasteiger partial charge >= 0.3 is 0 Å². The van der Waals surface area contributed by atoms with E-state index in [2.05, 4.69) is 4.90 Å². The maximum absolute atomic E-state index is 11.0. The van der Waals surface area contributed by atoms with Crippen LogP contribution in [0.3, 0.4) is 0 Å². The van der Waals surface area contributed by atoms with E-state index in [9.17, 15) is 4.79 Å². The van der Waals surface area contributed by atoms with Gasteiger partial charge in [0.2, 0.25) is 0 Å². The van der Waals surface area contributed by atoms with E-state index in [0.717, 1.165) is 45.2 Å². The van der Waals surface area contributed by atoms with Crippen LogP contribution in [0.5, 0.6) is 0 Å². The molecule has 0 radical (unpaired) electrons. The fourth-order valence-electron chi connectivity index (χ4n) is 2.44. The fourth-order valence-corrected chi connectivity index (χ4v) is 2.44. The second kappa shape index (κ2) is 3.76. The lowest BCUT2D eigenvalue weighted by molar-refractivity contribution is -0.121. The summed E-state index contributed by atoms with van der Waals surface area (Å²) in [5, 5.41) is 0. The number of likely N-dealkylation sites (tertiary alicyclic amines) is 1. The number of Topliss-reactive ketones (excluding diaryl/α,β-unsaturated/α-hetero) is 1.